The molecule has 132 valence electrons. The molecule has 0 unspecified atom stereocenters. The van der Waals surface area contributed by atoms with Crippen LogP contribution in [0.4, 0.5) is 0 Å². The highest BCUT2D eigenvalue weighted by Gasteiger charge is 2.29. The zero-order valence-electron chi connectivity index (χ0n) is 14.5. The molecule has 0 spiro atoms. The number of carbonyl (C=O) groups excluding carboxylic acids is 1. The number of nitrogens with one attached hydrogen (secondary N) is 1. The Kier molecular flexibility index (Phi) is 4.27. The lowest BCUT2D eigenvalue weighted by molar-refractivity contribution is -0.0266. The molecule has 2 aliphatic rings. The van der Waals surface area contributed by atoms with E-state index < -0.39 is 0 Å². The third kappa shape index (κ3) is 3.17. The number of amides is 1. The van der Waals surface area contributed by atoms with Gasteiger partial charge in [0, 0.05) is 18.0 Å². The molecule has 1 aromatic carbocycles. The fraction of sp³-hybridized carbons (Fsp3) is 0.500. The second-order valence-corrected chi connectivity index (χ2v) is 6.82. The molecule has 1 saturated heterocycles. The first-order chi connectivity index (χ1) is 12.1. The van der Waals surface area contributed by atoms with Crippen LogP contribution in [-0.2, 0) is 22.7 Å². The van der Waals surface area contributed by atoms with Gasteiger partial charge in [0.25, 0.3) is 5.91 Å². The Morgan fingerprint density at radius 3 is 2.96 bits per heavy atom. The number of H-pyrrole nitrogens is 1. The highest BCUT2D eigenvalue weighted by molar-refractivity contribution is 5.94. The van der Waals surface area contributed by atoms with Gasteiger partial charge in [0.2, 0.25) is 0 Å². The lowest BCUT2D eigenvalue weighted by Gasteiger charge is -2.32. The Balaban J connectivity index is 1.49. The smallest absolute Gasteiger partial charge is 0.254 e. The molecule has 1 aromatic heterocycles. The van der Waals surface area contributed by atoms with Gasteiger partial charge in [-0.3, -0.25) is 9.89 Å². The summed E-state index contributed by atoms with van der Waals surface area (Å²) in [5, 5.41) is 7.17. The molecule has 4 rings (SSSR count). The zero-order chi connectivity index (χ0) is 17.4. The Morgan fingerprint density at radius 1 is 1.32 bits per heavy atom. The molecule has 0 aliphatic carbocycles. The van der Waals surface area contributed by atoms with E-state index in [0.29, 0.717) is 44.3 Å². The number of morpholine rings is 1. The zero-order valence-corrected chi connectivity index (χ0v) is 14.5. The number of hydrogen-bond donors (Lipinski definition) is 1. The minimum Gasteiger partial charge on any atom is -0.372 e. The fourth-order valence-corrected chi connectivity index (χ4v) is 3.18. The monoisotopic (exact) mass is 342 g/mol. The van der Waals surface area contributed by atoms with Crippen LogP contribution in [0.15, 0.2) is 18.2 Å². The van der Waals surface area contributed by atoms with Crippen molar-refractivity contribution in [2.24, 2.45) is 0 Å². The first-order valence-corrected chi connectivity index (χ1v) is 8.64. The largest absolute Gasteiger partial charge is 0.372 e. The van der Waals surface area contributed by atoms with E-state index in [-0.39, 0.29) is 17.9 Å². The van der Waals surface area contributed by atoms with Gasteiger partial charge in [-0.15, -0.1) is 0 Å². The van der Waals surface area contributed by atoms with Gasteiger partial charge in [-0.25, -0.2) is 4.98 Å². The molecule has 2 aromatic rings. The van der Waals surface area contributed by atoms with Crippen LogP contribution in [0, 0.1) is 0 Å². The number of rotatable bonds is 3. The van der Waals surface area contributed by atoms with Crippen molar-refractivity contribution in [3.05, 3.63) is 46.5 Å². The van der Waals surface area contributed by atoms with Gasteiger partial charge in [-0.05, 0) is 23.3 Å². The Hall–Kier alpha value is -2.25. The Bertz CT molecular complexity index is 786. The standard InChI is InChI=1S/C18H22N4O3/c1-11(2)16-19-17(21-20-16)15-8-22(5-6-25-15)18(23)12-3-4-13-9-24-10-14(13)7-12/h3-4,7,11,15H,5-6,8-10H2,1-2H3,(H,19,20,21)/t15-/m0/s1. The van der Waals surface area contributed by atoms with E-state index in [4.69, 9.17) is 9.47 Å². The number of benzene rings is 1. The Labute approximate surface area is 146 Å². The average Bonchev–Trinajstić information content (AvgIpc) is 3.30. The SMILES string of the molecule is CC(C)c1n[nH]c([C@@H]2CN(C(=O)c3ccc4c(c3)COC4)CCO2)n1. The lowest BCUT2D eigenvalue weighted by atomic mass is 10.1. The molecule has 0 radical (unpaired) electrons. The highest BCUT2D eigenvalue weighted by Crippen LogP contribution is 2.24. The molecule has 1 fully saturated rings. The molecule has 7 heteroatoms. The van der Waals surface area contributed by atoms with Crippen LogP contribution in [0.5, 0.6) is 0 Å². The van der Waals surface area contributed by atoms with Crippen molar-refractivity contribution in [1.29, 1.82) is 0 Å². The van der Waals surface area contributed by atoms with Crippen molar-refractivity contribution >= 4 is 5.91 Å². The molecular weight excluding hydrogens is 320 g/mol. The van der Waals surface area contributed by atoms with Crippen molar-refractivity contribution in [3.63, 3.8) is 0 Å². The van der Waals surface area contributed by atoms with Crippen molar-refractivity contribution in [2.75, 3.05) is 19.7 Å². The first kappa shape index (κ1) is 16.2. The van der Waals surface area contributed by atoms with E-state index in [0.717, 1.165) is 11.4 Å². The number of fused-ring (bicyclic) bond motifs is 1. The Morgan fingerprint density at radius 2 is 2.16 bits per heavy atom. The summed E-state index contributed by atoms with van der Waals surface area (Å²) >= 11 is 0. The van der Waals surface area contributed by atoms with E-state index >= 15 is 0 Å². The summed E-state index contributed by atoms with van der Waals surface area (Å²) in [6.07, 6.45) is -0.268. The number of hydrogen-bond acceptors (Lipinski definition) is 5. The van der Waals surface area contributed by atoms with Crippen LogP contribution >= 0.6 is 0 Å². The first-order valence-electron chi connectivity index (χ1n) is 8.64. The molecular formula is C18H22N4O3. The summed E-state index contributed by atoms with van der Waals surface area (Å²) in [6, 6.07) is 5.81. The van der Waals surface area contributed by atoms with Crippen LogP contribution in [-0.4, -0.2) is 45.7 Å². The molecule has 7 nitrogen and oxygen atoms in total. The number of ether oxygens (including phenoxy) is 2. The molecule has 1 N–H and O–H groups in total. The van der Waals surface area contributed by atoms with Crippen LogP contribution in [0.2, 0.25) is 0 Å². The van der Waals surface area contributed by atoms with Gasteiger partial charge < -0.3 is 14.4 Å². The number of nitrogens with zero attached hydrogens (tertiary/aromatic N) is 3. The summed E-state index contributed by atoms with van der Waals surface area (Å²) in [6.45, 7) is 6.84. The average molecular weight is 342 g/mol. The normalized spacial score (nSPS) is 20.1. The van der Waals surface area contributed by atoms with Crippen molar-refractivity contribution in [3.8, 4) is 0 Å². The molecule has 0 saturated carbocycles. The van der Waals surface area contributed by atoms with E-state index in [9.17, 15) is 4.79 Å². The lowest BCUT2D eigenvalue weighted by Crippen LogP contribution is -2.42. The number of carbonyl (C=O) groups is 1. The van der Waals surface area contributed by atoms with Crippen molar-refractivity contribution < 1.29 is 14.3 Å². The van der Waals surface area contributed by atoms with Crippen LogP contribution < -0.4 is 0 Å². The number of aromatic amines is 1. The third-order valence-electron chi connectivity index (χ3n) is 4.66. The third-order valence-corrected chi connectivity index (χ3v) is 4.66. The highest BCUT2D eigenvalue weighted by atomic mass is 16.5. The predicted molar refractivity (Wildman–Crippen MR) is 90.0 cm³/mol. The minimum absolute atomic E-state index is 0.0200. The summed E-state index contributed by atoms with van der Waals surface area (Å²) in [4.78, 5) is 19.2. The maximum Gasteiger partial charge on any atom is 0.254 e. The predicted octanol–water partition coefficient (Wildman–Crippen LogP) is 2.17. The molecule has 0 bridgehead atoms. The van der Waals surface area contributed by atoms with Gasteiger partial charge in [0.1, 0.15) is 6.10 Å². The molecule has 2 aliphatic heterocycles. The van der Waals surface area contributed by atoms with Gasteiger partial charge in [0.15, 0.2) is 11.6 Å². The van der Waals surface area contributed by atoms with Crippen LogP contribution in [0.1, 0.15) is 59.0 Å². The van der Waals surface area contributed by atoms with Gasteiger partial charge in [-0.1, -0.05) is 19.9 Å². The van der Waals surface area contributed by atoms with Gasteiger partial charge >= 0.3 is 0 Å². The van der Waals surface area contributed by atoms with Gasteiger partial charge in [0.05, 0.1) is 26.4 Å². The topological polar surface area (TPSA) is 80.3 Å². The summed E-state index contributed by atoms with van der Waals surface area (Å²) < 4.78 is 11.2. The van der Waals surface area contributed by atoms with Crippen molar-refractivity contribution in [2.45, 2.75) is 39.1 Å². The molecule has 1 atom stereocenters. The molecule has 1 amide bonds. The summed E-state index contributed by atoms with van der Waals surface area (Å²) in [5.41, 5.74) is 2.97. The van der Waals surface area contributed by atoms with E-state index in [1.165, 1.54) is 5.56 Å². The van der Waals surface area contributed by atoms with E-state index in [2.05, 4.69) is 15.2 Å². The second kappa shape index (κ2) is 6.57. The van der Waals surface area contributed by atoms with Gasteiger partial charge in [-0.2, -0.15) is 5.10 Å². The minimum atomic E-state index is -0.268. The number of aromatic nitrogens is 3. The van der Waals surface area contributed by atoms with E-state index in [1.807, 2.05) is 36.9 Å². The summed E-state index contributed by atoms with van der Waals surface area (Å²) in [5.74, 6) is 1.72. The maximum atomic E-state index is 12.9. The quantitative estimate of drug-likeness (QED) is 0.925. The molecule has 3 heterocycles. The van der Waals surface area contributed by atoms with Crippen LogP contribution in [0.3, 0.4) is 0 Å². The second-order valence-electron chi connectivity index (χ2n) is 6.82. The summed E-state index contributed by atoms with van der Waals surface area (Å²) in [7, 11) is 0. The van der Waals surface area contributed by atoms with E-state index in [1.54, 1.807) is 0 Å². The molecule has 25 heavy (non-hydrogen) atoms. The van der Waals surface area contributed by atoms with Crippen LogP contribution in [0.25, 0.3) is 0 Å². The maximum absolute atomic E-state index is 12.9. The van der Waals surface area contributed by atoms with Crippen molar-refractivity contribution in [1.82, 2.24) is 20.1 Å². The fourth-order valence-electron chi connectivity index (χ4n) is 3.18.